The lowest BCUT2D eigenvalue weighted by molar-refractivity contribution is -0.318. The summed E-state index contributed by atoms with van der Waals surface area (Å²) in [6.07, 6.45) is 18.5. The summed E-state index contributed by atoms with van der Waals surface area (Å²) in [5.74, 6) is -2.64. The normalized spacial score (nSPS) is 12.5. The molecule has 0 heterocycles. The largest absolute Gasteiger partial charge is 0.343 e. The summed E-state index contributed by atoms with van der Waals surface area (Å²) in [6, 6.07) is 0.0304. The summed E-state index contributed by atoms with van der Waals surface area (Å²) in [5.41, 5.74) is 5.66. The average Bonchev–Trinajstić information content (AvgIpc) is 2.59. The molecule has 0 fully saturated rings. The van der Waals surface area contributed by atoms with Crippen molar-refractivity contribution in [2.75, 3.05) is 19.6 Å². The lowest BCUT2D eigenvalue weighted by Gasteiger charge is -2.31. The van der Waals surface area contributed by atoms with Crippen LogP contribution in [0, 0.1) is 0 Å². The standard InChI is InChI=1S/C21H46N2O3.2FH/c1-3-4-5-6-7-8-9-10-11-12-13-14-15-16-17-23(20(2)18-22)19-21(24,25)26;;/h20,24-26H,3-19,22H2,1-2H3;2*1H. The topological polar surface area (TPSA) is 90.0 Å². The number of rotatable bonds is 19. The second-order valence-electron chi connectivity index (χ2n) is 7.93. The highest BCUT2D eigenvalue weighted by atomic mass is 19.0. The van der Waals surface area contributed by atoms with Crippen LogP contribution in [0.15, 0.2) is 0 Å². The van der Waals surface area contributed by atoms with Crippen molar-refractivity contribution in [2.24, 2.45) is 5.73 Å². The highest BCUT2D eigenvalue weighted by Gasteiger charge is 2.25. The predicted octanol–water partition coefficient (Wildman–Crippen LogP) is 4.05. The summed E-state index contributed by atoms with van der Waals surface area (Å²) < 4.78 is 0. The molecule has 28 heavy (non-hydrogen) atoms. The van der Waals surface area contributed by atoms with Gasteiger partial charge >= 0.3 is 0 Å². The van der Waals surface area contributed by atoms with Crippen LogP contribution >= 0.6 is 0 Å². The third-order valence-corrected chi connectivity index (χ3v) is 5.18. The van der Waals surface area contributed by atoms with E-state index in [1.165, 1.54) is 77.0 Å². The molecule has 0 aromatic heterocycles. The Bertz CT molecular complexity index is 306. The van der Waals surface area contributed by atoms with Gasteiger partial charge in [0.15, 0.2) is 0 Å². The van der Waals surface area contributed by atoms with Gasteiger partial charge in [0.05, 0.1) is 6.54 Å². The molecule has 1 unspecified atom stereocenters. The van der Waals surface area contributed by atoms with Crippen LogP contribution in [0.25, 0.3) is 0 Å². The van der Waals surface area contributed by atoms with Crippen molar-refractivity contribution in [1.29, 1.82) is 0 Å². The Morgan fingerprint density at radius 1 is 0.714 bits per heavy atom. The quantitative estimate of drug-likeness (QED) is 0.189. The first-order chi connectivity index (χ1) is 12.4. The molecule has 0 aliphatic carbocycles. The van der Waals surface area contributed by atoms with Gasteiger partial charge in [-0.25, -0.2) is 0 Å². The van der Waals surface area contributed by atoms with E-state index in [-0.39, 0.29) is 22.0 Å². The Kier molecular flexibility index (Phi) is 24.7. The van der Waals surface area contributed by atoms with Gasteiger partial charge in [0, 0.05) is 12.6 Å². The van der Waals surface area contributed by atoms with Gasteiger partial charge in [-0.1, -0.05) is 90.4 Å². The number of nitrogens with zero attached hydrogens (tertiary/aromatic N) is 1. The van der Waals surface area contributed by atoms with Crippen molar-refractivity contribution in [2.45, 2.75) is 116 Å². The molecule has 0 saturated heterocycles. The Balaban J connectivity index is -0.00000312. The Labute approximate surface area is 171 Å². The minimum absolute atomic E-state index is 0. The van der Waals surface area contributed by atoms with Crippen LogP contribution in [0.5, 0.6) is 0 Å². The molecular weight excluding hydrogens is 366 g/mol. The first-order valence-corrected chi connectivity index (χ1v) is 11.0. The number of hydrogen-bond donors (Lipinski definition) is 4. The molecule has 5 N–H and O–H groups in total. The van der Waals surface area contributed by atoms with Crippen LogP contribution in [0.2, 0.25) is 0 Å². The third kappa shape index (κ3) is 22.0. The van der Waals surface area contributed by atoms with Crippen molar-refractivity contribution in [3.8, 4) is 0 Å². The molecule has 0 aliphatic rings. The molecule has 5 nitrogen and oxygen atoms in total. The van der Waals surface area contributed by atoms with E-state index in [0.717, 1.165) is 19.4 Å². The van der Waals surface area contributed by atoms with Crippen LogP contribution in [0.1, 0.15) is 104 Å². The Hall–Kier alpha value is -0.340. The van der Waals surface area contributed by atoms with Crippen LogP contribution in [0.4, 0.5) is 9.41 Å². The smallest absolute Gasteiger partial charge is 0.288 e. The number of nitrogens with two attached hydrogens (primary N) is 1. The first-order valence-electron chi connectivity index (χ1n) is 11.0. The van der Waals surface area contributed by atoms with Gasteiger partial charge in [-0.2, -0.15) is 0 Å². The van der Waals surface area contributed by atoms with Crippen LogP contribution in [0.3, 0.4) is 0 Å². The SMILES string of the molecule is CCCCCCCCCCCCCCCCN(CC(O)(O)O)C(C)CN.F.F. The number of unbranched alkanes of at least 4 members (excludes halogenated alkanes) is 13. The molecule has 0 aromatic rings. The highest BCUT2D eigenvalue weighted by Crippen LogP contribution is 2.13. The minimum Gasteiger partial charge on any atom is -0.343 e. The van der Waals surface area contributed by atoms with Crippen LogP contribution < -0.4 is 5.73 Å². The van der Waals surface area contributed by atoms with Crippen LogP contribution in [-0.4, -0.2) is 51.9 Å². The van der Waals surface area contributed by atoms with E-state index in [1.807, 2.05) is 11.8 Å². The molecule has 0 radical (unpaired) electrons. The molecular formula is C21H48F2N2O3. The van der Waals surface area contributed by atoms with Crippen molar-refractivity contribution in [1.82, 2.24) is 4.90 Å². The maximum atomic E-state index is 9.18. The maximum absolute atomic E-state index is 9.18. The van der Waals surface area contributed by atoms with Crippen molar-refractivity contribution >= 4 is 0 Å². The third-order valence-electron chi connectivity index (χ3n) is 5.18. The summed E-state index contributed by atoms with van der Waals surface area (Å²) in [6.45, 7) is 5.20. The summed E-state index contributed by atoms with van der Waals surface area (Å²) in [7, 11) is 0. The molecule has 174 valence electrons. The van der Waals surface area contributed by atoms with E-state index in [4.69, 9.17) is 5.73 Å². The highest BCUT2D eigenvalue weighted by molar-refractivity contribution is 4.70. The van der Waals surface area contributed by atoms with Gasteiger partial charge < -0.3 is 21.1 Å². The fourth-order valence-corrected chi connectivity index (χ4v) is 3.39. The fourth-order valence-electron chi connectivity index (χ4n) is 3.39. The second kappa shape index (κ2) is 21.4. The van der Waals surface area contributed by atoms with Gasteiger partial charge in [-0.15, -0.1) is 0 Å². The zero-order valence-electron chi connectivity index (χ0n) is 18.3. The molecule has 0 saturated carbocycles. The van der Waals surface area contributed by atoms with Crippen molar-refractivity contribution in [3.63, 3.8) is 0 Å². The maximum Gasteiger partial charge on any atom is 0.288 e. The van der Waals surface area contributed by atoms with E-state index in [2.05, 4.69) is 6.92 Å². The first kappa shape index (κ1) is 32.3. The van der Waals surface area contributed by atoms with Crippen LogP contribution in [-0.2, 0) is 0 Å². The summed E-state index contributed by atoms with van der Waals surface area (Å²) in [5, 5.41) is 27.5. The van der Waals surface area contributed by atoms with Gasteiger partial charge in [0.25, 0.3) is 5.97 Å². The second-order valence-corrected chi connectivity index (χ2v) is 7.93. The van der Waals surface area contributed by atoms with E-state index in [9.17, 15) is 15.3 Å². The van der Waals surface area contributed by atoms with Gasteiger partial charge in [0.2, 0.25) is 0 Å². The Morgan fingerprint density at radius 3 is 1.39 bits per heavy atom. The van der Waals surface area contributed by atoms with Gasteiger partial charge in [0.1, 0.15) is 0 Å². The summed E-state index contributed by atoms with van der Waals surface area (Å²) in [4.78, 5) is 1.85. The van der Waals surface area contributed by atoms with Crippen molar-refractivity contribution in [3.05, 3.63) is 0 Å². The molecule has 0 aliphatic heterocycles. The monoisotopic (exact) mass is 414 g/mol. The molecule has 0 amide bonds. The minimum atomic E-state index is -2.64. The van der Waals surface area contributed by atoms with E-state index in [1.54, 1.807) is 0 Å². The Morgan fingerprint density at radius 2 is 1.07 bits per heavy atom. The molecule has 1 atom stereocenters. The molecule has 0 aromatic carbocycles. The average molecular weight is 415 g/mol. The van der Waals surface area contributed by atoms with Gasteiger partial charge in [-0.05, 0) is 19.9 Å². The molecule has 7 heteroatoms. The lowest BCUT2D eigenvalue weighted by atomic mass is 10.0. The zero-order valence-corrected chi connectivity index (χ0v) is 18.3. The molecule has 0 bridgehead atoms. The number of halogens is 2. The summed E-state index contributed by atoms with van der Waals surface area (Å²) >= 11 is 0. The van der Waals surface area contributed by atoms with Crippen molar-refractivity contribution < 1.29 is 24.7 Å². The zero-order chi connectivity index (χ0) is 19.7. The predicted molar refractivity (Wildman–Crippen MR) is 115 cm³/mol. The fraction of sp³-hybridized carbons (Fsp3) is 1.00. The number of hydrogen-bond acceptors (Lipinski definition) is 5. The van der Waals surface area contributed by atoms with Gasteiger partial charge in [-0.3, -0.25) is 14.3 Å². The number of aliphatic hydroxyl groups is 3. The lowest BCUT2D eigenvalue weighted by Crippen LogP contribution is -2.49. The van der Waals surface area contributed by atoms with E-state index in [0.29, 0.717) is 6.54 Å². The molecule has 0 rings (SSSR count). The molecule has 0 spiro atoms. The van der Waals surface area contributed by atoms with E-state index >= 15 is 0 Å². The van der Waals surface area contributed by atoms with E-state index < -0.39 is 5.97 Å².